The Labute approximate surface area is 78.8 Å². The molecule has 48 valence electrons. The van der Waals surface area contributed by atoms with Crippen LogP contribution in [0.15, 0.2) is 24.4 Å². The number of nitrogens with two attached hydrogens (primary N) is 1. The number of primary amides is 1. The molecule has 2 N–H and O–H groups in total. The fraction of sp³-hybridized carbons (Fsp3) is 0. The van der Waals surface area contributed by atoms with E-state index in [9.17, 15) is 4.79 Å². The van der Waals surface area contributed by atoms with Gasteiger partial charge in [-0.3, -0.25) is 9.78 Å². The molecule has 0 saturated heterocycles. The molecule has 1 heterocycles. The first-order valence-electron chi connectivity index (χ1n) is 2.51. The summed E-state index contributed by atoms with van der Waals surface area (Å²) in [6.07, 6.45) is 1.53. The van der Waals surface area contributed by atoms with Gasteiger partial charge < -0.3 is 5.73 Å². The van der Waals surface area contributed by atoms with Crippen LogP contribution in [0.25, 0.3) is 0 Å². The minimum absolute atomic E-state index is 0. The number of rotatable bonds is 1. The Hall–Kier alpha value is -0.458. The fourth-order valence-electron chi connectivity index (χ4n) is 0.509. The van der Waals surface area contributed by atoms with Crippen molar-refractivity contribution < 1.29 is 32.1 Å². The Morgan fingerprint density at radius 3 is 2.50 bits per heavy atom. The van der Waals surface area contributed by atoms with Gasteiger partial charge in [0.05, 0.1) is 0 Å². The summed E-state index contributed by atoms with van der Waals surface area (Å²) in [5, 5.41) is 0. The van der Waals surface area contributed by atoms with Crippen LogP contribution in [0.5, 0.6) is 0 Å². The van der Waals surface area contributed by atoms with Gasteiger partial charge in [0.1, 0.15) is 5.69 Å². The molecule has 0 aliphatic carbocycles. The van der Waals surface area contributed by atoms with E-state index < -0.39 is 5.91 Å². The van der Waals surface area contributed by atoms with Crippen molar-refractivity contribution in [3.8, 4) is 0 Å². The molecule has 0 saturated carbocycles. The smallest absolute Gasteiger partial charge is 0.267 e. The number of carbonyl (C=O) groups is 1. The molecule has 1 rings (SSSR count). The number of hydrogen-bond acceptors (Lipinski definition) is 2. The molecule has 0 radical (unpaired) electrons. The molecule has 0 unspecified atom stereocenters. The first-order valence-corrected chi connectivity index (χ1v) is 2.51. The van der Waals surface area contributed by atoms with E-state index in [-0.39, 0.29) is 27.3 Å². The number of aromatic nitrogens is 1. The number of pyridine rings is 1. The number of carbonyl (C=O) groups excluding carboxylic acids is 1. The Morgan fingerprint density at radius 1 is 1.50 bits per heavy atom. The van der Waals surface area contributed by atoms with Gasteiger partial charge in [0.2, 0.25) is 0 Å². The van der Waals surface area contributed by atoms with Crippen molar-refractivity contribution >= 4 is 5.91 Å². The minimum atomic E-state index is -0.490. The zero-order chi connectivity index (χ0) is 6.69. The van der Waals surface area contributed by atoms with Gasteiger partial charge in [0.25, 0.3) is 5.91 Å². The summed E-state index contributed by atoms with van der Waals surface area (Å²) >= 11 is 0. The molecular weight excluding hydrogens is 228 g/mol. The molecule has 1 aromatic rings. The molecule has 0 atom stereocenters. The normalized spacial score (nSPS) is 8.00. The van der Waals surface area contributed by atoms with Crippen LogP contribution < -0.4 is 5.73 Å². The number of hydrogen-bond donors (Lipinski definition) is 1. The molecular formula is C6H6CdN2O. The molecule has 3 nitrogen and oxygen atoms in total. The van der Waals surface area contributed by atoms with Gasteiger partial charge in [-0.15, -0.1) is 0 Å². The summed E-state index contributed by atoms with van der Waals surface area (Å²) in [4.78, 5) is 14.1. The minimum Gasteiger partial charge on any atom is -0.364 e. The summed E-state index contributed by atoms with van der Waals surface area (Å²) in [7, 11) is 0. The fourth-order valence-corrected chi connectivity index (χ4v) is 0.509. The molecule has 1 amide bonds. The van der Waals surface area contributed by atoms with Gasteiger partial charge >= 0.3 is 0 Å². The van der Waals surface area contributed by atoms with E-state index in [0.717, 1.165) is 0 Å². The van der Waals surface area contributed by atoms with Crippen molar-refractivity contribution in [3.63, 3.8) is 0 Å². The molecule has 0 spiro atoms. The van der Waals surface area contributed by atoms with Crippen LogP contribution in [0.4, 0.5) is 0 Å². The van der Waals surface area contributed by atoms with Crippen LogP contribution in [0.1, 0.15) is 10.5 Å². The van der Waals surface area contributed by atoms with Crippen LogP contribution in [0, 0.1) is 0 Å². The van der Waals surface area contributed by atoms with E-state index in [1.54, 1.807) is 18.2 Å². The van der Waals surface area contributed by atoms with Crippen molar-refractivity contribution in [1.82, 2.24) is 4.98 Å². The zero-order valence-electron chi connectivity index (χ0n) is 5.45. The molecule has 0 aliphatic rings. The van der Waals surface area contributed by atoms with E-state index in [1.165, 1.54) is 6.20 Å². The van der Waals surface area contributed by atoms with Gasteiger partial charge in [-0.25, -0.2) is 0 Å². The quantitative estimate of drug-likeness (QED) is 0.705. The second-order valence-corrected chi connectivity index (χ2v) is 1.58. The zero-order valence-corrected chi connectivity index (χ0v) is 9.49. The van der Waals surface area contributed by atoms with Crippen LogP contribution in [0.3, 0.4) is 0 Å². The van der Waals surface area contributed by atoms with E-state index >= 15 is 0 Å². The SMILES string of the molecule is NC(=O)c1ccccn1.[Cd]. The first kappa shape index (κ1) is 9.54. The Bertz CT molecular complexity index is 212. The maximum atomic E-state index is 10.4. The van der Waals surface area contributed by atoms with Gasteiger partial charge in [0.15, 0.2) is 0 Å². The largest absolute Gasteiger partial charge is 0.364 e. The third-order valence-electron chi connectivity index (χ3n) is 0.917. The topological polar surface area (TPSA) is 56.0 Å². The third kappa shape index (κ3) is 2.42. The van der Waals surface area contributed by atoms with Crippen LogP contribution >= 0.6 is 0 Å². The summed E-state index contributed by atoms with van der Waals surface area (Å²) < 4.78 is 0. The summed E-state index contributed by atoms with van der Waals surface area (Å²) in [6, 6.07) is 5.02. The summed E-state index contributed by atoms with van der Waals surface area (Å²) in [5.41, 5.74) is 5.22. The van der Waals surface area contributed by atoms with Crippen molar-refractivity contribution in [2.45, 2.75) is 0 Å². The molecule has 10 heavy (non-hydrogen) atoms. The van der Waals surface area contributed by atoms with E-state index in [4.69, 9.17) is 5.73 Å². The average Bonchev–Trinajstić information content (AvgIpc) is 1.90. The number of amides is 1. The maximum absolute atomic E-state index is 10.4. The van der Waals surface area contributed by atoms with Crippen molar-refractivity contribution in [2.75, 3.05) is 0 Å². The van der Waals surface area contributed by atoms with E-state index in [1.807, 2.05) is 0 Å². The molecule has 0 fully saturated rings. The predicted molar refractivity (Wildman–Crippen MR) is 32.8 cm³/mol. The van der Waals surface area contributed by atoms with Crippen LogP contribution in [-0.2, 0) is 27.3 Å². The van der Waals surface area contributed by atoms with Crippen LogP contribution in [0.2, 0.25) is 0 Å². The summed E-state index contributed by atoms with van der Waals surface area (Å²) in [5.74, 6) is -0.490. The van der Waals surface area contributed by atoms with Gasteiger partial charge in [-0.1, -0.05) is 6.07 Å². The van der Waals surface area contributed by atoms with Crippen molar-refractivity contribution in [1.29, 1.82) is 0 Å². The summed E-state index contributed by atoms with van der Waals surface area (Å²) in [6.45, 7) is 0. The van der Waals surface area contributed by atoms with E-state index in [0.29, 0.717) is 5.69 Å². The van der Waals surface area contributed by atoms with Gasteiger partial charge in [0, 0.05) is 33.5 Å². The monoisotopic (exact) mass is 236 g/mol. The van der Waals surface area contributed by atoms with E-state index in [2.05, 4.69) is 4.98 Å². The second-order valence-electron chi connectivity index (χ2n) is 1.58. The molecule has 0 aromatic carbocycles. The van der Waals surface area contributed by atoms with Gasteiger partial charge in [-0.2, -0.15) is 0 Å². The van der Waals surface area contributed by atoms with Gasteiger partial charge in [-0.05, 0) is 12.1 Å². The van der Waals surface area contributed by atoms with Crippen molar-refractivity contribution in [2.24, 2.45) is 5.73 Å². The average molecular weight is 235 g/mol. The van der Waals surface area contributed by atoms with Crippen molar-refractivity contribution in [3.05, 3.63) is 30.1 Å². The molecule has 0 aliphatic heterocycles. The maximum Gasteiger partial charge on any atom is 0.267 e. The molecule has 4 heteroatoms. The molecule has 0 bridgehead atoms. The first-order chi connectivity index (χ1) is 4.30. The Kier molecular flexibility index (Phi) is 4.17. The second kappa shape index (κ2) is 4.37. The molecule has 1 aromatic heterocycles. The predicted octanol–water partition coefficient (Wildman–Crippen LogP) is 0.178. The number of nitrogens with zero attached hydrogens (tertiary/aromatic N) is 1. The van der Waals surface area contributed by atoms with Crippen LogP contribution in [-0.4, -0.2) is 10.9 Å². The third-order valence-corrected chi connectivity index (χ3v) is 0.917. The Balaban J connectivity index is 0.000000810. The standard InChI is InChI=1S/C6H6N2O.Cd/c7-6(9)5-3-1-2-4-8-5;/h1-4H,(H2,7,9);. The Morgan fingerprint density at radius 2 is 2.20 bits per heavy atom.